The number of thiophene rings is 1. The molecular formula is C16H11F3N4S. The topological polar surface area (TPSA) is 76.8 Å². The summed E-state index contributed by atoms with van der Waals surface area (Å²) in [4.78, 5) is 2.76. The first-order valence-electron chi connectivity index (χ1n) is 7.01. The van der Waals surface area contributed by atoms with Crippen molar-refractivity contribution in [3.05, 3.63) is 45.3 Å². The number of nitrogen functional groups attached to an aromatic ring is 1. The molecule has 0 spiro atoms. The van der Waals surface area contributed by atoms with Crippen LogP contribution in [0.5, 0.6) is 0 Å². The van der Waals surface area contributed by atoms with Crippen LogP contribution in [0.3, 0.4) is 0 Å². The Labute approximate surface area is 140 Å². The van der Waals surface area contributed by atoms with Crippen LogP contribution in [0.4, 0.5) is 23.9 Å². The number of nitrogens with two attached hydrogens (primary N) is 1. The number of rotatable bonds is 1. The molecule has 4 nitrogen and oxygen atoms in total. The number of halogens is 3. The Kier molecular flexibility index (Phi) is 3.86. The SMILES string of the molecule is N#Cc1cc(C(F)(F)F)ccc1N1CCc2c(sc(N)c2C#N)C1. The molecule has 2 heterocycles. The van der Waals surface area contributed by atoms with Crippen molar-refractivity contribution >= 4 is 22.0 Å². The molecule has 0 saturated carbocycles. The molecule has 0 saturated heterocycles. The van der Waals surface area contributed by atoms with Crippen LogP contribution in [0.25, 0.3) is 0 Å². The first kappa shape index (κ1) is 16.2. The largest absolute Gasteiger partial charge is 0.416 e. The molecule has 0 amide bonds. The van der Waals surface area contributed by atoms with Gasteiger partial charge in [0, 0.05) is 11.4 Å². The fourth-order valence-corrected chi connectivity index (χ4v) is 3.91. The molecule has 1 aliphatic rings. The lowest BCUT2D eigenvalue weighted by Crippen LogP contribution is -2.30. The summed E-state index contributed by atoms with van der Waals surface area (Å²) in [5.74, 6) is 0. The molecular weight excluding hydrogens is 337 g/mol. The fourth-order valence-electron chi connectivity index (χ4n) is 2.83. The van der Waals surface area contributed by atoms with E-state index in [-0.39, 0.29) is 5.56 Å². The van der Waals surface area contributed by atoms with Gasteiger partial charge in [-0.25, -0.2) is 0 Å². The van der Waals surface area contributed by atoms with Gasteiger partial charge in [-0.15, -0.1) is 11.3 Å². The highest BCUT2D eigenvalue weighted by atomic mass is 32.1. The van der Waals surface area contributed by atoms with Gasteiger partial charge in [0.2, 0.25) is 0 Å². The zero-order valence-corrected chi connectivity index (χ0v) is 13.1. The number of nitrogens with zero attached hydrogens (tertiary/aromatic N) is 3. The van der Waals surface area contributed by atoms with Crippen molar-refractivity contribution in [3.8, 4) is 12.1 Å². The minimum absolute atomic E-state index is 0.0155. The Morgan fingerprint density at radius 3 is 2.58 bits per heavy atom. The predicted octanol–water partition coefficient (Wildman–Crippen LogP) is 3.66. The van der Waals surface area contributed by atoms with E-state index in [1.807, 2.05) is 11.0 Å². The summed E-state index contributed by atoms with van der Waals surface area (Å²) in [7, 11) is 0. The summed E-state index contributed by atoms with van der Waals surface area (Å²) in [6.45, 7) is 0.934. The summed E-state index contributed by atoms with van der Waals surface area (Å²) in [5, 5.41) is 18.8. The van der Waals surface area contributed by atoms with Crippen molar-refractivity contribution < 1.29 is 13.2 Å². The quantitative estimate of drug-likeness (QED) is 0.853. The van der Waals surface area contributed by atoms with Gasteiger partial charge in [-0.2, -0.15) is 23.7 Å². The van der Waals surface area contributed by atoms with Gasteiger partial charge >= 0.3 is 6.18 Å². The molecule has 0 fully saturated rings. The maximum Gasteiger partial charge on any atom is 0.416 e. The standard InChI is InChI=1S/C16H11F3N4S/c17-16(18,19)10-1-2-13(9(5-10)6-20)23-4-3-11-12(7-21)15(22)24-14(11)8-23/h1-2,5H,3-4,8,22H2. The van der Waals surface area contributed by atoms with Gasteiger partial charge in [-0.1, -0.05) is 0 Å². The Bertz CT molecular complexity index is 886. The van der Waals surface area contributed by atoms with E-state index in [1.165, 1.54) is 17.4 Å². The number of anilines is 2. The highest BCUT2D eigenvalue weighted by molar-refractivity contribution is 7.16. The number of hydrogen-bond acceptors (Lipinski definition) is 5. The van der Waals surface area contributed by atoms with Crippen molar-refractivity contribution in [3.63, 3.8) is 0 Å². The van der Waals surface area contributed by atoms with E-state index in [0.29, 0.717) is 35.8 Å². The number of fused-ring (bicyclic) bond motifs is 1. The number of hydrogen-bond donors (Lipinski definition) is 1. The molecule has 24 heavy (non-hydrogen) atoms. The van der Waals surface area contributed by atoms with E-state index < -0.39 is 11.7 Å². The average Bonchev–Trinajstić information content (AvgIpc) is 2.87. The summed E-state index contributed by atoms with van der Waals surface area (Å²) in [5.41, 5.74) is 6.84. The monoisotopic (exact) mass is 348 g/mol. The summed E-state index contributed by atoms with van der Waals surface area (Å²) < 4.78 is 38.4. The van der Waals surface area contributed by atoms with Crippen molar-refractivity contribution in [2.75, 3.05) is 17.2 Å². The molecule has 3 rings (SSSR count). The minimum Gasteiger partial charge on any atom is -0.389 e. The van der Waals surface area contributed by atoms with E-state index in [0.717, 1.165) is 22.6 Å². The van der Waals surface area contributed by atoms with E-state index >= 15 is 0 Å². The van der Waals surface area contributed by atoms with Gasteiger partial charge in [-0.05, 0) is 30.2 Å². The summed E-state index contributed by atoms with van der Waals surface area (Å²) in [6.07, 6.45) is -3.92. The highest BCUT2D eigenvalue weighted by Crippen LogP contribution is 2.38. The lowest BCUT2D eigenvalue weighted by atomic mass is 10.0. The maximum absolute atomic E-state index is 12.8. The lowest BCUT2D eigenvalue weighted by molar-refractivity contribution is -0.137. The van der Waals surface area contributed by atoms with Gasteiger partial charge < -0.3 is 10.6 Å². The van der Waals surface area contributed by atoms with Crippen LogP contribution in [-0.2, 0) is 19.1 Å². The summed E-state index contributed by atoms with van der Waals surface area (Å²) in [6, 6.07) is 7.11. The van der Waals surface area contributed by atoms with Crippen molar-refractivity contribution in [1.29, 1.82) is 10.5 Å². The molecule has 1 aromatic heterocycles. The molecule has 0 bridgehead atoms. The second-order valence-corrected chi connectivity index (χ2v) is 6.50. The van der Waals surface area contributed by atoms with Crippen molar-refractivity contribution in [1.82, 2.24) is 0 Å². The van der Waals surface area contributed by atoms with Crippen LogP contribution < -0.4 is 10.6 Å². The molecule has 2 aromatic rings. The van der Waals surface area contributed by atoms with Gasteiger partial charge in [0.1, 0.15) is 17.1 Å². The average molecular weight is 348 g/mol. The zero-order chi connectivity index (χ0) is 17.5. The Morgan fingerprint density at radius 1 is 1.21 bits per heavy atom. The smallest absolute Gasteiger partial charge is 0.389 e. The van der Waals surface area contributed by atoms with Crippen LogP contribution in [0, 0.1) is 22.7 Å². The second-order valence-electron chi connectivity index (χ2n) is 5.37. The van der Waals surface area contributed by atoms with Gasteiger partial charge in [0.15, 0.2) is 0 Å². The third kappa shape index (κ3) is 2.66. The predicted molar refractivity (Wildman–Crippen MR) is 84.4 cm³/mol. The first-order valence-corrected chi connectivity index (χ1v) is 7.83. The van der Waals surface area contributed by atoms with Crippen LogP contribution in [0.2, 0.25) is 0 Å². The normalized spacial score (nSPS) is 14.0. The number of nitriles is 2. The van der Waals surface area contributed by atoms with E-state index in [1.54, 1.807) is 0 Å². The third-order valence-corrected chi connectivity index (χ3v) is 5.03. The van der Waals surface area contributed by atoms with Gasteiger partial charge in [0.25, 0.3) is 0 Å². The minimum atomic E-state index is -4.48. The van der Waals surface area contributed by atoms with Crippen molar-refractivity contribution in [2.24, 2.45) is 0 Å². The fraction of sp³-hybridized carbons (Fsp3) is 0.250. The van der Waals surface area contributed by atoms with E-state index in [4.69, 9.17) is 11.0 Å². The Hall–Kier alpha value is -2.71. The molecule has 122 valence electrons. The molecule has 1 aromatic carbocycles. The molecule has 0 atom stereocenters. The number of alkyl halides is 3. The molecule has 2 N–H and O–H groups in total. The molecule has 0 radical (unpaired) electrons. The highest BCUT2D eigenvalue weighted by Gasteiger charge is 2.32. The van der Waals surface area contributed by atoms with Gasteiger partial charge in [0.05, 0.1) is 28.9 Å². The Morgan fingerprint density at radius 2 is 1.96 bits per heavy atom. The van der Waals surface area contributed by atoms with Crippen LogP contribution in [0.15, 0.2) is 18.2 Å². The molecule has 8 heteroatoms. The third-order valence-electron chi connectivity index (χ3n) is 3.98. The van der Waals surface area contributed by atoms with Crippen LogP contribution >= 0.6 is 11.3 Å². The van der Waals surface area contributed by atoms with E-state index in [9.17, 15) is 18.4 Å². The van der Waals surface area contributed by atoms with Crippen molar-refractivity contribution in [2.45, 2.75) is 19.1 Å². The molecule has 1 aliphatic heterocycles. The maximum atomic E-state index is 12.8. The Balaban J connectivity index is 1.96. The van der Waals surface area contributed by atoms with Crippen LogP contribution in [-0.4, -0.2) is 6.54 Å². The van der Waals surface area contributed by atoms with Gasteiger partial charge in [-0.3, -0.25) is 0 Å². The van der Waals surface area contributed by atoms with Crippen LogP contribution in [0.1, 0.15) is 27.1 Å². The second kappa shape index (κ2) is 5.73. The lowest BCUT2D eigenvalue weighted by Gasteiger charge is -2.30. The zero-order valence-electron chi connectivity index (χ0n) is 12.3. The summed E-state index contributed by atoms with van der Waals surface area (Å²) >= 11 is 1.31. The molecule has 0 aliphatic carbocycles. The first-order chi connectivity index (χ1) is 11.3. The van der Waals surface area contributed by atoms with E-state index in [2.05, 4.69) is 6.07 Å². The number of benzene rings is 1. The molecule has 0 unspecified atom stereocenters.